The molecule has 108 valence electrons. The number of nitrogens with one attached hydrogen (secondary N) is 1. The molecular formula is C12H20BrN3O2S. The van der Waals surface area contributed by atoms with Crippen LogP contribution in [0.4, 0.5) is 0 Å². The van der Waals surface area contributed by atoms with Crippen LogP contribution >= 0.6 is 15.9 Å². The zero-order valence-electron chi connectivity index (χ0n) is 11.3. The minimum absolute atomic E-state index is 0.217. The summed E-state index contributed by atoms with van der Waals surface area (Å²) in [5.41, 5.74) is 0. The molecule has 0 amide bonds. The summed E-state index contributed by atoms with van der Waals surface area (Å²) in [5.74, 6) is 1.27. The van der Waals surface area contributed by atoms with Crippen LogP contribution in [0.5, 0.6) is 0 Å². The number of H-pyrrole nitrogens is 1. The van der Waals surface area contributed by atoms with Crippen LogP contribution in [-0.4, -0.2) is 40.6 Å². The van der Waals surface area contributed by atoms with E-state index in [2.05, 4.69) is 32.8 Å². The first-order valence-electron chi connectivity index (χ1n) is 6.63. The van der Waals surface area contributed by atoms with Crippen molar-refractivity contribution in [2.75, 3.05) is 13.1 Å². The van der Waals surface area contributed by atoms with E-state index >= 15 is 0 Å². The van der Waals surface area contributed by atoms with Gasteiger partial charge in [-0.25, -0.2) is 13.4 Å². The number of piperidine rings is 1. The topological polar surface area (TPSA) is 66.1 Å². The van der Waals surface area contributed by atoms with E-state index in [9.17, 15) is 8.42 Å². The van der Waals surface area contributed by atoms with Crippen molar-refractivity contribution >= 4 is 26.0 Å². The second-order valence-electron chi connectivity index (χ2n) is 4.97. The van der Waals surface area contributed by atoms with Gasteiger partial charge in [0.25, 0.3) is 10.0 Å². The molecule has 1 saturated heterocycles. The summed E-state index contributed by atoms with van der Waals surface area (Å²) in [5, 5.41) is 0.217. The van der Waals surface area contributed by atoms with Gasteiger partial charge in [-0.3, -0.25) is 0 Å². The number of hydrogen-bond acceptors (Lipinski definition) is 3. The molecule has 1 unspecified atom stereocenters. The molecular weight excluding hydrogens is 330 g/mol. The highest BCUT2D eigenvalue weighted by atomic mass is 79.9. The Balaban J connectivity index is 2.09. The zero-order chi connectivity index (χ0) is 14.0. The van der Waals surface area contributed by atoms with Gasteiger partial charge in [-0.15, -0.1) is 0 Å². The lowest BCUT2D eigenvalue weighted by Gasteiger charge is -2.32. The molecule has 0 radical (unpaired) electrons. The molecule has 0 aliphatic carbocycles. The van der Waals surface area contributed by atoms with Gasteiger partial charge in [-0.05, 0) is 18.8 Å². The Hall–Kier alpha value is -0.400. The number of rotatable bonds is 4. The number of hydrogen-bond donors (Lipinski definition) is 1. The van der Waals surface area contributed by atoms with Crippen LogP contribution in [0.3, 0.4) is 0 Å². The molecule has 1 atom stereocenters. The Labute approximate surface area is 123 Å². The number of aromatic amines is 1. The molecule has 0 bridgehead atoms. The monoisotopic (exact) mass is 349 g/mol. The number of aromatic nitrogens is 2. The minimum atomic E-state index is -3.40. The molecule has 19 heavy (non-hydrogen) atoms. The molecule has 1 aliphatic rings. The molecule has 0 spiro atoms. The number of aryl methyl sites for hydroxylation is 1. The summed E-state index contributed by atoms with van der Waals surface area (Å²) in [7, 11) is -3.40. The molecule has 0 aromatic carbocycles. The Morgan fingerprint density at radius 1 is 1.53 bits per heavy atom. The summed E-state index contributed by atoms with van der Waals surface area (Å²) < 4.78 is 26.4. The van der Waals surface area contributed by atoms with Crippen LogP contribution in [0.25, 0.3) is 0 Å². The lowest BCUT2D eigenvalue weighted by atomic mass is 9.96. The smallest absolute Gasteiger partial charge is 0.260 e. The number of nitrogens with zero attached hydrogens (tertiary/aromatic N) is 2. The van der Waals surface area contributed by atoms with Crippen molar-refractivity contribution in [2.45, 2.75) is 43.0 Å². The van der Waals surface area contributed by atoms with E-state index in [1.54, 1.807) is 4.31 Å². The molecule has 7 heteroatoms. The number of alkyl halides is 1. The van der Waals surface area contributed by atoms with Gasteiger partial charge in [0, 0.05) is 24.3 Å². The highest BCUT2D eigenvalue weighted by molar-refractivity contribution is 9.09. The number of sulfonamides is 1. The van der Waals surface area contributed by atoms with E-state index in [1.807, 2.05) is 6.92 Å². The van der Waals surface area contributed by atoms with Crippen LogP contribution < -0.4 is 0 Å². The van der Waals surface area contributed by atoms with Gasteiger partial charge in [0.05, 0.1) is 6.20 Å². The van der Waals surface area contributed by atoms with E-state index < -0.39 is 10.0 Å². The highest BCUT2D eigenvalue weighted by Crippen LogP contribution is 2.27. The Morgan fingerprint density at radius 3 is 2.63 bits per heavy atom. The molecule has 5 nitrogen and oxygen atoms in total. The summed E-state index contributed by atoms with van der Waals surface area (Å²) in [6.45, 7) is 5.24. The van der Waals surface area contributed by atoms with E-state index in [0.717, 1.165) is 12.8 Å². The lowest BCUT2D eigenvalue weighted by Crippen LogP contribution is -2.40. The van der Waals surface area contributed by atoms with Crippen LogP contribution in [0, 0.1) is 5.92 Å². The van der Waals surface area contributed by atoms with Gasteiger partial charge in [-0.2, -0.15) is 4.31 Å². The molecule has 2 heterocycles. The molecule has 2 rings (SSSR count). The largest absolute Gasteiger partial charge is 0.332 e. The third-order valence-corrected chi connectivity index (χ3v) is 6.26. The predicted octanol–water partition coefficient (Wildman–Crippen LogP) is 2.16. The maximum absolute atomic E-state index is 12.4. The molecule has 1 aromatic heterocycles. The Bertz CT molecular complexity index is 519. The second kappa shape index (κ2) is 5.93. The molecule has 1 aliphatic heterocycles. The quantitative estimate of drug-likeness (QED) is 0.847. The van der Waals surface area contributed by atoms with Crippen molar-refractivity contribution in [1.29, 1.82) is 0 Å². The maximum atomic E-state index is 12.4. The molecule has 0 saturated carbocycles. The predicted molar refractivity (Wildman–Crippen MR) is 77.8 cm³/mol. The molecule has 1 aromatic rings. The van der Waals surface area contributed by atoms with E-state index in [4.69, 9.17) is 0 Å². The number of imidazole rings is 1. The van der Waals surface area contributed by atoms with Crippen molar-refractivity contribution in [1.82, 2.24) is 14.3 Å². The van der Waals surface area contributed by atoms with Crippen molar-refractivity contribution in [3.05, 3.63) is 12.0 Å². The Morgan fingerprint density at radius 2 is 2.16 bits per heavy atom. The zero-order valence-corrected chi connectivity index (χ0v) is 13.7. The third-order valence-electron chi connectivity index (χ3n) is 3.71. The third kappa shape index (κ3) is 3.20. The highest BCUT2D eigenvalue weighted by Gasteiger charge is 2.31. The van der Waals surface area contributed by atoms with E-state index in [1.165, 1.54) is 6.20 Å². The average molecular weight is 350 g/mol. The van der Waals surface area contributed by atoms with Crippen LogP contribution in [0.2, 0.25) is 0 Å². The number of halogens is 1. The summed E-state index contributed by atoms with van der Waals surface area (Å²) in [6.07, 6.45) is 3.94. The van der Waals surface area contributed by atoms with Crippen LogP contribution in [-0.2, 0) is 16.4 Å². The fourth-order valence-corrected chi connectivity index (χ4v) is 4.30. The second-order valence-corrected chi connectivity index (χ2v) is 8.32. The minimum Gasteiger partial charge on any atom is -0.332 e. The van der Waals surface area contributed by atoms with Crippen LogP contribution in [0.15, 0.2) is 11.2 Å². The molecule has 1 fully saturated rings. The van der Waals surface area contributed by atoms with Crippen molar-refractivity contribution in [3.8, 4) is 0 Å². The van der Waals surface area contributed by atoms with E-state index in [0.29, 0.717) is 36.1 Å². The lowest BCUT2D eigenvalue weighted by molar-refractivity contribution is 0.274. The standard InChI is InChI=1S/C12H20BrN3O2S/c1-3-11-14-8-12(15-11)19(17,18)16-6-4-10(5-7-16)9(2)13/h8-10H,3-7H2,1-2H3,(H,14,15). The average Bonchev–Trinajstić information content (AvgIpc) is 2.88. The SMILES string of the molecule is CCc1ncc(S(=O)(=O)N2CCC(C(C)Br)CC2)[nH]1. The summed E-state index contributed by atoms with van der Waals surface area (Å²) >= 11 is 3.58. The van der Waals surface area contributed by atoms with Gasteiger partial charge in [-0.1, -0.05) is 29.8 Å². The fraction of sp³-hybridized carbons (Fsp3) is 0.750. The van der Waals surface area contributed by atoms with Crippen LogP contribution in [0.1, 0.15) is 32.5 Å². The Kier molecular flexibility index (Phi) is 4.68. The van der Waals surface area contributed by atoms with Gasteiger partial charge >= 0.3 is 0 Å². The van der Waals surface area contributed by atoms with Crippen molar-refractivity contribution < 1.29 is 8.42 Å². The summed E-state index contributed by atoms with van der Waals surface area (Å²) in [4.78, 5) is 7.40. The van der Waals surface area contributed by atoms with E-state index in [-0.39, 0.29) is 5.03 Å². The van der Waals surface area contributed by atoms with Crippen molar-refractivity contribution in [2.24, 2.45) is 5.92 Å². The van der Waals surface area contributed by atoms with Gasteiger partial charge < -0.3 is 4.98 Å². The first-order chi connectivity index (χ1) is 8.95. The molecule has 1 N–H and O–H groups in total. The van der Waals surface area contributed by atoms with Gasteiger partial charge in [0.2, 0.25) is 0 Å². The maximum Gasteiger partial charge on any atom is 0.260 e. The van der Waals surface area contributed by atoms with Gasteiger partial charge in [0.1, 0.15) is 5.82 Å². The first kappa shape index (κ1) is 15.0. The first-order valence-corrected chi connectivity index (χ1v) is 8.98. The normalized spacial score (nSPS) is 20.6. The summed E-state index contributed by atoms with van der Waals surface area (Å²) in [6, 6.07) is 0. The fourth-order valence-electron chi connectivity index (χ4n) is 2.37. The van der Waals surface area contributed by atoms with Crippen molar-refractivity contribution in [3.63, 3.8) is 0 Å². The van der Waals surface area contributed by atoms with Gasteiger partial charge in [0.15, 0.2) is 5.03 Å².